The highest BCUT2D eigenvalue weighted by atomic mass is 16.2. The lowest BCUT2D eigenvalue weighted by Crippen LogP contribution is -2.38. The molecule has 0 aliphatic heterocycles. The Labute approximate surface area is 210 Å². The maximum absolute atomic E-state index is 13.9. The molecule has 0 bridgehead atoms. The fourth-order valence-electron chi connectivity index (χ4n) is 4.78. The minimum Gasteiger partial charge on any atom is -0.332 e. The van der Waals surface area contributed by atoms with Gasteiger partial charge in [-0.1, -0.05) is 79.7 Å². The van der Waals surface area contributed by atoms with Crippen LogP contribution < -0.4 is 5.56 Å². The van der Waals surface area contributed by atoms with Crippen molar-refractivity contribution in [3.63, 3.8) is 0 Å². The standard InChI is InChI=1S/C31H29N3O2/c1-3-19-33(29(35)20-23-11-5-4-6-12-23)22(2)30-32-28-16-10-9-15-27(28)31(36)34(30)26-18-17-24-13-7-8-14-25(24)21-26/h4-18,21-22H,3,19-20H2,1-2H3. The van der Waals surface area contributed by atoms with Crippen molar-refractivity contribution in [2.45, 2.75) is 32.7 Å². The van der Waals surface area contributed by atoms with Gasteiger partial charge in [0, 0.05) is 6.54 Å². The molecule has 180 valence electrons. The van der Waals surface area contributed by atoms with Gasteiger partial charge in [0.2, 0.25) is 5.91 Å². The highest BCUT2D eigenvalue weighted by Gasteiger charge is 2.26. The van der Waals surface area contributed by atoms with Crippen molar-refractivity contribution < 1.29 is 4.79 Å². The molecule has 1 aromatic heterocycles. The van der Waals surface area contributed by atoms with Gasteiger partial charge in [-0.05, 0) is 53.9 Å². The van der Waals surface area contributed by atoms with E-state index in [4.69, 9.17) is 4.98 Å². The van der Waals surface area contributed by atoms with Crippen LogP contribution in [0.4, 0.5) is 0 Å². The van der Waals surface area contributed by atoms with E-state index in [2.05, 4.69) is 13.0 Å². The molecule has 5 aromatic rings. The molecule has 5 nitrogen and oxygen atoms in total. The number of hydrogen-bond acceptors (Lipinski definition) is 3. The van der Waals surface area contributed by atoms with Crippen molar-refractivity contribution in [1.82, 2.24) is 14.5 Å². The van der Waals surface area contributed by atoms with Crippen molar-refractivity contribution in [1.29, 1.82) is 0 Å². The second kappa shape index (κ2) is 10.2. The Morgan fingerprint density at radius 2 is 1.58 bits per heavy atom. The van der Waals surface area contributed by atoms with E-state index in [0.29, 0.717) is 29.7 Å². The third kappa shape index (κ3) is 4.52. The summed E-state index contributed by atoms with van der Waals surface area (Å²) < 4.78 is 1.68. The van der Waals surface area contributed by atoms with Crippen LogP contribution in [-0.4, -0.2) is 26.9 Å². The number of aromatic nitrogens is 2. The van der Waals surface area contributed by atoms with Crippen molar-refractivity contribution in [2.24, 2.45) is 0 Å². The number of nitrogens with zero attached hydrogens (tertiary/aromatic N) is 3. The largest absolute Gasteiger partial charge is 0.332 e. The third-order valence-corrected chi connectivity index (χ3v) is 6.62. The summed E-state index contributed by atoms with van der Waals surface area (Å²) in [5.74, 6) is 0.576. The Morgan fingerprint density at radius 3 is 2.36 bits per heavy atom. The van der Waals surface area contributed by atoms with Gasteiger partial charge in [-0.15, -0.1) is 0 Å². The Kier molecular flexibility index (Phi) is 6.63. The normalized spacial score (nSPS) is 12.1. The second-order valence-electron chi connectivity index (χ2n) is 9.08. The summed E-state index contributed by atoms with van der Waals surface area (Å²) in [6.07, 6.45) is 1.11. The second-order valence-corrected chi connectivity index (χ2v) is 9.08. The van der Waals surface area contributed by atoms with Gasteiger partial charge in [0.25, 0.3) is 5.56 Å². The van der Waals surface area contributed by atoms with Gasteiger partial charge in [-0.3, -0.25) is 14.2 Å². The molecule has 4 aromatic carbocycles. The van der Waals surface area contributed by atoms with Crippen LogP contribution in [-0.2, 0) is 11.2 Å². The van der Waals surface area contributed by atoms with Gasteiger partial charge < -0.3 is 4.90 Å². The first kappa shape index (κ1) is 23.5. The van der Waals surface area contributed by atoms with Gasteiger partial charge in [0.1, 0.15) is 5.82 Å². The molecule has 1 amide bonds. The zero-order chi connectivity index (χ0) is 25.1. The van der Waals surface area contributed by atoms with Crippen LogP contribution >= 0.6 is 0 Å². The maximum Gasteiger partial charge on any atom is 0.266 e. The molecule has 0 radical (unpaired) electrons. The molecule has 0 N–H and O–H groups in total. The van der Waals surface area contributed by atoms with Gasteiger partial charge >= 0.3 is 0 Å². The van der Waals surface area contributed by atoms with Gasteiger partial charge in [0.15, 0.2) is 0 Å². The monoisotopic (exact) mass is 475 g/mol. The summed E-state index contributed by atoms with van der Waals surface area (Å²) in [7, 11) is 0. The summed E-state index contributed by atoms with van der Waals surface area (Å²) in [5, 5.41) is 2.70. The quantitative estimate of drug-likeness (QED) is 0.287. The number of benzene rings is 4. The predicted molar refractivity (Wildman–Crippen MR) is 145 cm³/mol. The fourth-order valence-corrected chi connectivity index (χ4v) is 4.78. The molecule has 0 aliphatic carbocycles. The molecule has 5 rings (SSSR count). The molecule has 0 fully saturated rings. The molecule has 0 aliphatic rings. The molecule has 0 saturated carbocycles. The summed E-state index contributed by atoms with van der Waals surface area (Å²) in [6, 6.07) is 30.8. The van der Waals surface area contributed by atoms with Gasteiger partial charge in [-0.25, -0.2) is 4.98 Å². The van der Waals surface area contributed by atoms with Crippen LogP contribution in [0.1, 0.15) is 37.7 Å². The van der Waals surface area contributed by atoms with Crippen LogP contribution in [0.2, 0.25) is 0 Å². The lowest BCUT2D eigenvalue weighted by molar-refractivity contribution is -0.132. The first-order chi connectivity index (χ1) is 17.6. The molecular formula is C31H29N3O2. The van der Waals surface area contributed by atoms with Crippen LogP contribution in [0.25, 0.3) is 27.4 Å². The maximum atomic E-state index is 13.9. The van der Waals surface area contributed by atoms with Crippen LogP contribution in [0.5, 0.6) is 0 Å². The first-order valence-corrected chi connectivity index (χ1v) is 12.4. The lowest BCUT2D eigenvalue weighted by Gasteiger charge is -2.30. The highest BCUT2D eigenvalue weighted by molar-refractivity contribution is 5.85. The summed E-state index contributed by atoms with van der Waals surface area (Å²) in [6.45, 7) is 4.60. The molecule has 1 atom stereocenters. The number of para-hydroxylation sites is 1. The van der Waals surface area contributed by atoms with Crippen LogP contribution in [0.3, 0.4) is 0 Å². The molecule has 1 unspecified atom stereocenters. The molecule has 0 spiro atoms. The summed E-state index contributed by atoms with van der Waals surface area (Å²) in [4.78, 5) is 34.2. The molecular weight excluding hydrogens is 446 g/mol. The van der Waals surface area contributed by atoms with E-state index >= 15 is 0 Å². The van der Waals surface area contributed by atoms with Gasteiger partial charge in [0.05, 0.1) is 29.1 Å². The number of carbonyl (C=O) groups excluding carboxylic acids is 1. The number of amides is 1. The van der Waals surface area contributed by atoms with Crippen molar-refractivity contribution in [3.05, 3.63) is 119 Å². The van der Waals surface area contributed by atoms with E-state index in [1.807, 2.05) is 96.8 Å². The predicted octanol–water partition coefficient (Wildman–Crippen LogP) is 6.08. The third-order valence-electron chi connectivity index (χ3n) is 6.62. The van der Waals surface area contributed by atoms with Crippen molar-refractivity contribution in [2.75, 3.05) is 6.54 Å². The van der Waals surface area contributed by atoms with Crippen LogP contribution in [0, 0.1) is 0 Å². The van der Waals surface area contributed by atoms with Crippen LogP contribution in [0.15, 0.2) is 102 Å². The Morgan fingerprint density at radius 1 is 0.889 bits per heavy atom. The average molecular weight is 476 g/mol. The number of hydrogen-bond donors (Lipinski definition) is 0. The average Bonchev–Trinajstić information content (AvgIpc) is 2.91. The molecule has 0 saturated heterocycles. The highest BCUT2D eigenvalue weighted by Crippen LogP contribution is 2.26. The van der Waals surface area contributed by atoms with E-state index in [1.165, 1.54) is 0 Å². The SMILES string of the molecule is CCCN(C(=O)Cc1ccccc1)C(C)c1nc2ccccc2c(=O)n1-c1ccc2ccccc2c1. The molecule has 5 heteroatoms. The number of fused-ring (bicyclic) bond motifs is 2. The topological polar surface area (TPSA) is 55.2 Å². The van der Waals surface area contributed by atoms with E-state index < -0.39 is 6.04 Å². The van der Waals surface area contributed by atoms with E-state index in [0.717, 1.165) is 28.4 Å². The summed E-state index contributed by atoms with van der Waals surface area (Å²) >= 11 is 0. The number of rotatable bonds is 7. The number of carbonyl (C=O) groups is 1. The molecule has 36 heavy (non-hydrogen) atoms. The first-order valence-electron chi connectivity index (χ1n) is 12.4. The van der Waals surface area contributed by atoms with E-state index in [9.17, 15) is 9.59 Å². The van der Waals surface area contributed by atoms with E-state index in [-0.39, 0.29) is 11.5 Å². The van der Waals surface area contributed by atoms with Crippen molar-refractivity contribution >= 4 is 27.6 Å². The van der Waals surface area contributed by atoms with E-state index in [1.54, 1.807) is 10.6 Å². The summed E-state index contributed by atoms with van der Waals surface area (Å²) in [5.41, 5.74) is 2.21. The fraction of sp³-hybridized carbons (Fsp3) is 0.194. The Balaban J connectivity index is 1.66. The Hall–Kier alpha value is -4.25. The van der Waals surface area contributed by atoms with Crippen molar-refractivity contribution in [3.8, 4) is 5.69 Å². The zero-order valence-corrected chi connectivity index (χ0v) is 20.6. The lowest BCUT2D eigenvalue weighted by atomic mass is 10.1. The smallest absolute Gasteiger partial charge is 0.266 e. The minimum atomic E-state index is -0.398. The minimum absolute atomic E-state index is 0.0167. The zero-order valence-electron chi connectivity index (χ0n) is 20.6. The Bertz CT molecular complexity index is 1590. The molecule has 1 heterocycles. The van der Waals surface area contributed by atoms with Gasteiger partial charge in [-0.2, -0.15) is 0 Å².